The van der Waals surface area contributed by atoms with Crippen LogP contribution < -0.4 is 11.5 Å². The predicted molar refractivity (Wildman–Crippen MR) is 97.3 cm³/mol. The van der Waals surface area contributed by atoms with E-state index in [2.05, 4.69) is 9.38 Å². The normalized spacial score (nSPS) is 22.1. The van der Waals surface area contributed by atoms with Crippen molar-refractivity contribution in [3.8, 4) is 0 Å². The quantitative estimate of drug-likeness (QED) is 0.345. The smallest absolute Gasteiger partial charge is 0.418 e. The van der Waals surface area contributed by atoms with Gasteiger partial charge in [-0.1, -0.05) is 0 Å². The standard InChI is InChI=1S/C15H22N6O8S/c1-15(2,3)28-13(23)10(17)12-11-7(4-19(18-11)6-9(16)22)8-5-20(12)14(24)21(8)29-30(25,26)27/h4,8,10,12H,5-6,17H2,1-3H3,(H2,16,22)(H,25,26,27)/t8-,10?,12-/m1/s1. The van der Waals surface area contributed by atoms with E-state index in [4.69, 9.17) is 20.8 Å². The van der Waals surface area contributed by atoms with Crippen LogP contribution in [0.15, 0.2) is 6.20 Å². The highest BCUT2D eigenvalue weighted by Crippen LogP contribution is 2.44. The molecule has 2 aliphatic rings. The van der Waals surface area contributed by atoms with Gasteiger partial charge in [0.15, 0.2) is 0 Å². The number of carbonyl (C=O) groups excluding carboxylic acids is 3. The summed E-state index contributed by atoms with van der Waals surface area (Å²) in [5, 5.41) is 4.67. The van der Waals surface area contributed by atoms with Gasteiger partial charge in [0, 0.05) is 11.8 Å². The number of fused-ring (bicyclic) bond motifs is 4. The molecule has 3 amide bonds. The number of rotatable bonds is 6. The Morgan fingerprint density at radius 3 is 2.57 bits per heavy atom. The number of nitrogens with two attached hydrogens (primary N) is 2. The fourth-order valence-corrected chi connectivity index (χ4v) is 3.80. The molecule has 0 radical (unpaired) electrons. The largest absolute Gasteiger partial charge is 0.459 e. The molecule has 1 unspecified atom stereocenters. The van der Waals surface area contributed by atoms with Crippen molar-refractivity contribution in [2.24, 2.45) is 11.5 Å². The van der Waals surface area contributed by atoms with E-state index >= 15 is 0 Å². The highest BCUT2D eigenvalue weighted by molar-refractivity contribution is 7.80. The Morgan fingerprint density at radius 1 is 1.40 bits per heavy atom. The molecule has 0 spiro atoms. The van der Waals surface area contributed by atoms with Crippen LogP contribution in [0.5, 0.6) is 0 Å². The Morgan fingerprint density at radius 2 is 2.03 bits per heavy atom. The first-order valence-electron chi connectivity index (χ1n) is 8.79. The fourth-order valence-electron chi connectivity index (χ4n) is 3.43. The van der Waals surface area contributed by atoms with Crippen molar-refractivity contribution in [3.63, 3.8) is 0 Å². The van der Waals surface area contributed by atoms with Crippen molar-refractivity contribution in [2.75, 3.05) is 6.54 Å². The summed E-state index contributed by atoms with van der Waals surface area (Å²) in [6.45, 7) is 4.52. The maximum atomic E-state index is 12.8. The second-order valence-corrected chi connectivity index (χ2v) is 8.92. The molecule has 2 aliphatic heterocycles. The molecule has 5 N–H and O–H groups in total. The van der Waals surface area contributed by atoms with E-state index in [1.165, 1.54) is 10.9 Å². The van der Waals surface area contributed by atoms with E-state index in [9.17, 15) is 22.8 Å². The summed E-state index contributed by atoms with van der Waals surface area (Å²) in [5.41, 5.74) is 10.9. The monoisotopic (exact) mass is 446 g/mol. The van der Waals surface area contributed by atoms with Crippen LogP contribution >= 0.6 is 0 Å². The van der Waals surface area contributed by atoms with Crippen molar-refractivity contribution in [2.45, 2.75) is 51.0 Å². The SMILES string of the molecule is CC(C)(C)OC(=O)C(N)[C@@H]1c2nn(CC(N)=O)cc2[C@H]2CN1C(=O)N2OS(=O)(=O)O. The summed E-state index contributed by atoms with van der Waals surface area (Å²) < 4.78 is 42.3. The van der Waals surface area contributed by atoms with E-state index in [-0.39, 0.29) is 24.3 Å². The number of primary amides is 1. The molecule has 1 aromatic heterocycles. The molecule has 1 saturated heterocycles. The average Bonchev–Trinajstić information content (AvgIpc) is 3.07. The molecule has 1 aromatic rings. The van der Waals surface area contributed by atoms with Crippen molar-refractivity contribution in [1.82, 2.24) is 19.7 Å². The summed E-state index contributed by atoms with van der Waals surface area (Å²) in [5.74, 6) is -1.52. The van der Waals surface area contributed by atoms with Crippen LogP contribution in [-0.2, 0) is 35.6 Å². The molecule has 2 bridgehead atoms. The molecule has 3 rings (SSSR count). The molecule has 0 saturated carbocycles. The van der Waals surface area contributed by atoms with Crippen LogP contribution in [0, 0.1) is 0 Å². The Bertz CT molecular complexity index is 999. The molecule has 3 atom stereocenters. The number of nitrogens with zero attached hydrogens (tertiary/aromatic N) is 4. The number of urea groups is 1. The highest BCUT2D eigenvalue weighted by atomic mass is 32.3. The van der Waals surface area contributed by atoms with Gasteiger partial charge in [-0.2, -0.15) is 18.6 Å². The third-order valence-corrected chi connectivity index (χ3v) is 4.74. The lowest BCUT2D eigenvalue weighted by molar-refractivity contribution is -0.158. The predicted octanol–water partition coefficient (Wildman–Crippen LogP) is -1.39. The van der Waals surface area contributed by atoms with Gasteiger partial charge in [0.25, 0.3) is 0 Å². The van der Waals surface area contributed by atoms with Crippen LogP contribution in [0.1, 0.15) is 44.1 Å². The van der Waals surface area contributed by atoms with E-state index in [0.717, 1.165) is 4.90 Å². The number of esters is 1. The molecule has 14 nitrogen and oxygen atoms in total. The highest BCUT2D eigenvalue weighted by Gasteiger charge is 2.54. The lowest BCUT2D eigenvalue weighted by Crippen LogP contribution is -2.50. The number of hydroxylamine groups is 2. The van der Waals surface area contributed by atoms with Gasteiger partial charge in [0.2, 0.25) is 5.91 Å². The van der Waals surface area contributed by atoms with Crippen LogP contribution in [0.4, 0.5) is 4.79 Å². The van der Waals surface area contributed by atoms with Crippen molar-refractivity contribution < 1.29 is 36.4 Å². The van der Waals surface area contributed by atoms with E-state index in [1.807, 2.05) is 0 Å². The van der Waals surface area contributed by atoms with Gasteiger partial charge in [-0.15, -0.1) is 4.28 Å². The molecule has 1 fully saturated rings. The maximum Gasteiger partial charge on any atom is 0.418 e. The van der Waals surface area contributed by atoms with Gasteiger partial charge in [-0.3, -0.25) is 18.8 Å². The van der Waals surface area contributed by atoms with Gasteiger partial charge < -0.3 is 21.1 Å². The number of carbonyl (C=O) groups is 3. The van der Waals surface area contributed by atoms with Gasteiger partial charge in [0.1, 0.15) is 30.3 Å². The maximum absolute atomic E-state index is 12.8. The van der Waals surface area contributed by atoms with Gasteiger partial charge in [0.05, 0.1) is 12.2 Å². The van der Waals surface area contributed by atoms with E-state index in [0.29, 0.717) is 5.06 Å². The molecule has 3 heterocycles. The fraction of sp³-hybridized carbons (Fsp3) is 0.600. The molecule has 0 aliphatic carbocycles. The Balaban J connectivity index is 2.05. The summed E-state index contributed by atoms with van der Waals surface area (Å²) in [4.78, 5) is 37.7. The zero-order valence-corrected chi connectivity index (χ0v) is 17.2. The van der Waals surface area contributed by atoms with Gasteiger partial charge >= 0.3 is 22.4 Å². The van der Waals surface area contributed by atoms with E-state index < -0.39 is 52.0 Å². The number of ether oxygens (including phenoxy) is 1. The minimum absolute atomic E-state index is 0.106. The number of amides is 3. The Kier molecular flexibility index (Phi) is 5.26. The minimum atomic E-state index is -5.02. The van der Waals surface area contributed by atoms with Crippen LogP contribution in [0.25, 0.3) is 0 Å². The third-order valence-electron chi connectivity index (χ3n) is 4.39. The minimum Gasteiger partial charge on any atom is -0.459 e. The second kappa shape index (κ2) is 7.19. The number of hydrogen-bond donors (Lipinski definition) is 3. The van der Waals surface area contributed by atoms with Crippen LogP contribution in [0.3, 0.4) is 0 Å². The van der Waals surface area contributed by atoms with Crippen LogP contribution in [0.2, 0.25) is 0 Å². The van der Waals surface area contributed by atoms with Crippen molar-refractivity contribution >= 4 is 28.3 Å². The van der Waals surface area contributed by atoms with Crippen LogP contribution in [-0.4, -0.2) is 68.8 Å². The number of aromatic nitrogens is 2. The average molecular weight is 446 g/mol. The Labute approximate surface area is 171 Å². The summed E-state index contributed by atoms with van der Waals surface area (Å²) >= 11 is 0. The summed E-state index contributed by atoms with van der Waals surface area (Å²) in [7, 11) is -5.02. The lowest BCUT2D eigenvalue weighted by Gasteiger charge is -2.33. The van der Waals surface area contributed by atoms with Gasteiger partial charge in [-0.05, 0) is 20.8 Å². The topological polar surface area (TPSA) is 200 Å². The first-order chi connectivity index (χ1) is 13.7. The Hall–Kier alpha value is -2.75. The summed E-state index contributed by atoms with van der Waals surface area (Å²) in [6.07, 6.45) is 1.37. The van der Waals surface area contributed by atoms with Crippen molar-refractivity contribution in [3.05, 3.63) is 17.5 Å². The molecular weight excluding hydrogens is 424 g/mol. The summed E-state index contributed by atoms with van der Waals surface area (Å²) in [6, 6.07) is -4.45. The zero-order chi connectivity index (χ0) is 22.6. The first-order valence-corrected chi connectivity index (χ1v) is 10.2. The van der Waals surface area contributed by atoms with E-state index in [1.54, 1.807) is 20.8 Å². The second-order valence-electron chi connectivity index (χ2n) is 7.92. The number of hydrogen-bond acceptors (Lipinski definition) is 9. The molecular formula is C15H22N6O8S. The molecule has 30 heavy (non-hydrogen) atoms. The lowest BCUT2D eigenvalue weighted by atomic mass is 9.93. The molecule has 0 aromatic carbocycles. The van der Waals surface area contributed by atoms with Crippen molar-refractivity contribution in [1.29, 1.82) is 0 Å². The van der Waals surface area contributed by atoms with Gasteiger partial charge in [-0.25, -0.2) is 4.79 Å². The first kappa shape index (κ1) is 21.9. The zero-order valence-electron chi connectivity index (χ0n) is 16.4. The molecule has 15 heteroatoms. The molecule has 166 valence electrons. The third kappa shape index (κ3) is 4.23.